The summed E-state index contributed by atoms with van der Waals surface area (Å²) in [5, 5.41) is 0. The van der Waals surface area contributed by atoms with Gasteiger partial charge in [0.05, 0.1) is 4.47 Å². The topological polar surface area (TPSA) is 38.9 Å². The van der Waals surface area contributed by atoms with Crippen LogP contribution in [0.1, 0.15) is 11.1 Å². The summed E-state index contributed by atoms with van der Waals surface area (Å²) in [5.74, 6) is -0.247. The zero-order valence-corrected chi connectivity index (χ0v) is 11.4. The van der Waals surface area contributed by atoms with E-state index in [1.807, 2.05) is 18.2 Å². The summed E-state index contributed by atoms with van der Waals surface area (Å²) >= 11 is 3.25. The molecule has 18 heavy (non-hydrogen) atoms. The third kappa shape index (κ3) is 3.37. The number of nitrogens with zero attached hydrogens (tertiary/aromatic N) is 1. The molecule has 2 N–H and O–H groups in total. The van der Waals surface area contributed by atoms with Gasteiger partial charge in [0.15, 0.2) is 0 Å². The average molecular weight is 309 g/mol. The van der Waals surface area contributed by atoms with Gasteiger partial charge >= 0.3 is 0 Å². The molecule has 0 amide bonds. The first-order chi connectivity index (χ1) is 8.66. The molecule has 0 fully saturated rings. The highest BCUT2D eigenvalue weighted by Crippen LogP contribution is 2.21. The molecule has 0 aliphatic rings. The first-order valence-electron chi connectivity index (χ1n) is 5.74. The summed E-state index contributed by atoms with van der Waals surface area (Å²) in [6, 6.07) is 8.88. The molecule has 0 saturated heterocycles. The van der Waals surface area contributed by atoms with E-state index < -0.39 is 0 Å². The van der Waals surface area contributed by atoms with Crippen molar-refractivity contribution in [2.24, 2.45) is 5.73 Å². The molecule has 2 aromatic rings. The van der Waals surface area contributed by atoms with Crippen molar-refractivity contribution in [1.82, 2.24) is 4.98 Å². The zero-order chi connectivity index (χ0) is 13.0. The second-order valence-corrected chi connectivity index (χ2v) is 5.03. The van der Waals surface area contributed by atoms with Gasteiger partial charge in [-0.05, 0) is 58.1 Å². The molecule has 2 rings (SSSR count). The molecule has 0 saturated carbocycles. The normalized spacial score (nSPS) is 12.4. The monoisotopic (exact) mass is 308 g/mol. The predicted octanol–water partition coefficient (Wildman–Crippen LogP) is 3.10. The summed E-state index contributed by atoms with van der Waals surface area (Å²) in [6.07, 6.45) is 4.90. The fourth-order valence-electron chi connectivity index (χ4n) is 1.88. The Morgan fingerprint density at radius 1 is 1.17 bits per heavy atom. The Labute approximate surface area is 114 Å². The van der Waals surface area contributed by atoms with Crippen LogP contribution in [0.2, 0.25) is 0 Å². The molecular formula is C14H14BrFN2. The Balaban J connectivity index is 2.03. The van der Waals surface area contributed by atoms with Gasteiger partial charge in [-0.1, -0.05) is 12.1 Å². The number of benzene rings is 1. The van der Waals surface area contributed by atoms with Gasteiger partial charge in [0, 0.05) is 18.4 Å². The van der Waals surface area contributed by atoms with E-state index in [0.717, 1.165) is 17.5 Å². The van der Waals surface area contributed by atoms with Crippen molar-refractivity contribution in [1.29, 1.82) is 0 Å². The van der Waals surface area contributed by atoms with Gasteiger partial charge in [0.2, 0.25) is 0 Å². The molecule has 1 heterocycles. The van der Waals surface area contributed by atoms with E-state index in [9.17, 15) is 4.39 Å². The number of rotatable bonds is 4. The summed E-state index contributed by atoms with van der Waals surface area (Å²) in [5.41, 5.74) is 8.14. The third-order valence-electron chi connectivity index (χ3n) is 2.76. The highest BCUT2D eigenvalue weighted by atomic mass is 79.9. The van der Waals surface area contributed by atoms with Crippen LogP contribution in [0.5, 0.6) is 0 Å². The van der Waals surface area contributed by atoms with Crippen LogP contribution in [0.15, 0.2) is 47.2 Å². The van der Waals surface area contributed by atoms with Crippen molar-refractivity contribution in [3.05, 3.63) is 64.1 Å². The summed E-state index contributed by atoms with van der Waals surface area (Å²) in [7, 11) is 0. The Kier molecular flexibility index (Phi) is 4.44. The van der Waals surface area contributed by atoms with Crippen molar-refractivity contribution in [3.63, 3.8) is 0 Å². The molecule has 0 spiro atoms. The molecule has 1 unspecified atom stereocenters. The van der Waals surface area contributed by atoms with Crippen molar-refractivity contribution in [2.45, 2.75) is 18.9 Å². The first kappa shape index (κ1) is 13.2. The maximum atomic E-state index is 13.4. The number of halogens is 2. The molecule has 4 heteroatoms. The summed E-state index contributed by atoms with van der Waals surface area (Å²) < 4.78 is 13.9. The Morgan fingerprint density at radius 3 is 2.61 bits per heavy atom. The maximum Gasteiger partial charge on any atom is 0.137 e. The number of nitrogens with two attached hydrogens (primary N) is 1. The first-order valence-corrected chi connectivity index (χ1v) is 6.53. The maximum absolute atomic E-state index is 13.4. The smallest absolute Gasteiger partial charge is 0.137 e. The zero-order valence-electron chi connectivity index (χ0n) is 9.81. The molecule has 0 radical (unpaired) electrons. The van der Waals surface area contributed by atoms with E-state index in [4.69, 9.17) is 5.73 Å². The van der Waals surface area contributed by atoms with Gasteiger partial charge in [-0.2, -0.15) is 0 Å². The van der Waals surface area contributed by atoms with Crippen LogP contribution < -0.4 is 5.73 Å². The quantitative estimate of drug-likeness (QED) is 0.942. The van der Waals surface area contributed by atoms with Gasteiger partial charge in [-0.25, -0.2) is 4.39 Å². The van der Waals surface area contributed by atoms with Gasteiger partial charge < -0.3 is 5.73 Å². The van der Waals surface area contributed by atoms with Crippen molar-refractivity contribution in [3.8, 4) is 0 Å². The third-order valence-corrected chi connectivity index (χ3v) is 3.65. The number of aromatic nitrogens is 1. The SMILES string of the molecule is NC(Cc1ccncc1)Cc1cccc(F)c1Br. The molecule has 1 atom stereocenters. The molecule has 0 bridgehead atoms. The average Bonchev–Trinajstić information content (AvgIpc) is 2.36. The minimum Gasteiger partial charge on any atom is -0.327 e. The van der Waals surface area contributed by atoms with E-state index >= 15 is 0 Å². The van der Waals surface area contributed by atoms with Gasteiger partial charge in [-0.3, -0.25) is 4.98 Å². The van der Waals surface area contributed by atoms with E-state index in [1.54, 1.807) is 18.5 Å². The van der Waals surface area contributed by atoms with Crippen LogP contribution in [0.4, 0.5) is 4.39 Å². The molecule has 0 aliphatic carbocycles. The standard InChI is InChI=1S/C14H14BrFN2/c15-14-11(2-1-3-13(14)16)9-12(17)8-10-4-6-18-7-5-10/h1-7,12H,8-9,17H2. The van der Waals surface area contributed by atoms with Crippen LogP contribution >= 0.6 is 15.9 Å². The Hall–Kier alpha value is -1.26. The molecule has 94 valence electrons. The Bertz CT molecular complexity index is 516. The number of hydrogen-bond acceptors (Lipinski definition) is 2. The minimum atomic E-state index is -0.247. The van der Waals surface area contributed by atoms with Crippen LogP contribution in [0.25, 0.3) is 0 Å². The fraction of sp³-hybridized carbons (Fsp3) is 0.214. The molecular weight excluding hydrogens is 295 g/mol. The lowest BCUT2D eigenvalue weighted by Crippen LogP contribution is -2.25. The van der Waals surface area contributed by atoms with Crippen molar-refractivity contribution >= 4 is 15.9 Å². The van der Waals surface area contributed by atoms with Crippen LogP contribution in [0, 0.1) is 5.82 Å². The number of pyridine rings is 1. The molecule has 0 aliphatic heterocycles. The molecule has 2 nitrogen and oxygen atoms in total. The highest BCUT2D eigenvalue weighted by Gasteiger charge is 2.10. The van der Waals surface area contributed by atoms with Crippen molar-refractivity contribution in [2.75, 3.05) is 0 Å². The largest absolute Gasteiger partial charge is 0.327 e. The molecule has 1 aromatic heterocycles. The van der Waals surface area contributed by atoms with Gasteiger partial charge in [0.1, 0.15) is 5.82 Å². The second kappa shape index (κ2) is 6.07. The minimum absolute atomic E-state index is 0.0366. The van der Waals surface area contributed by atoms with Crippen LogP contribution in [-0.4, -0.2) is 11.0 Å². The van der Waals surface area contributed by atoms with E-state index in [1.165, 1.54) is 6.07 Å². The Morgan fingerprint density at radius 2 is 1.89 bits per heavy atom. The van der Waals surface area contributed by atoms with E-state index in [2.05, 4.69) is 20.9 Å². The number of hydrogen-bond donors (Lipinski definition) is 1. The van der Waals surface area contributed by atoms with Crippen LogP contribution in [-0.2, 0) is 12.8 Å². The lowest BCUT2D eigenvalue weighted by Gasteiger charge is -2.13. The van der Waals surface area contributed by atoms with E-state index in [-0.39, 0.29) is 11.9 Å². The predicted molar refractivity (Wildman–Crippen MR) is 73.7 cm³/mol. The second-order valence-electron chi connectivity index (χ2n) is 4.24. The molecule has 1 aromatic carbocycles. The summed E-state index contributed by atoms with van der Waals surface area (Å²) in [4.78, 5) is 3.96. The van der Waals surface area contributed by atoms with Crippen LogP contribution in [0.3, 0.4) is 0 Å². The fourth-order valence-corrected chi connectivity index (χ4v) is 2.31. The van der Waals surface area contributed by atoms with Crippen molar-refractivity contribution < 1.29 is 4.39 Å². The lowest BCUT2D eigenvalue weighted by atomic mass is 10.0. The summed E-state index contributed by atoms with van der Waals surface area (Å²) in [6.45, 7) is 0. The highest BCUT2D eigenvalue weighted by molar-refractivity contribution is 9.10. The van der Waals surface area contributed by atoms with Gasteiger partial charge in [0.25, 0.3) is 0 Å². The van der Waals surface area contributed by atoms with E-state index in [0.29, 0.717) is 10.9 Å². The lowest BCUT2D eigenvalue weighted by molar-refractivity contribution is 0.610. The van der Waals surface area contributed by atoms with Gasteiger partial charge in [-0.15, -0.1) is 0 Å².